The van der Waals surface area contributed by atoms with Crippen molar-refractivity contribution in [2.24, 2.45) is 5.92 Å². The van der Waals surface area contributed by atoms with E-state index in [9.17, 15) is 9.18 Å². The highest BCUT2D eigenvalue weighted by atomic mass is 32.1. The number of hydrogen-bond donors (Lipinski definition) is 1. The summed E-state index contributed by atoms with van der Waals surface area (Å²) in [7, 11) is 0. The van der Waals surface area contributed by atoms with E-state index in [-0.39, 0.29) is 35.3 Å². The molecular weight excluding hydrogens is 415 g/mol. The molecule has 0 radical (unpaired) electrons. The zero-order valence-electron chi connectivity index (χ0n) is 18.4. The highest BCUT2D eigenvalue weighted by Crippen LogP contribution is 2.39. The molecule has 2 saturated heterocycles. The molecule has 1 aromatic carbocycles. The molecule has 2 unspecified atom stereocenters. The van der Waals surface area contributed by atoms with E-state index in [2.05, 4.69) is 22.8 Å². The molecule has 0 spiro atoms. The van der Waals surface area contributed by atoms with Crippen LogP contribution in [0.15, 0.2) is 35.9 Å². The number of likely N-dealkylation sites (N-methyl/N-ethyl adjacent to an activating group) is 1. The van der Waals surface area contributed by atoms with E-state index in [0.29, 0.717) is 12.1 Å². The number of benzene rings is 1. The Labute approximate surface area is 190 Å². The number of thiol groups is 1. The Morgan fingerprint density at radius 1 is 1.32 bits per heavy atom. The van der Waals surface area contributed by atoms with Gasteiger partial charge < -0.3 is 9.47 Å². The number of hydrogen-bond acceptors (Lipinski definition) is 6. The summed E-state index contributed by atoms with van der Waals surface area (Å²) in [6.45, 7) is 7.78. The van der Waals surface area contributed by atoms with Crippen LogP contribution in [0.2, 0.25) is 0 Å². The SMILES string of the molecule is CCN(C/C=C1/CN(C(C(=O)C2CC2)c2ccccc2F)CCC1S)CC1OC(C)O1. The van der Waals surface area contributed by atoms with Crippen molar-refractivity contribution in [3.63, 3.8) is 0 Å². The van der Waals surface area contributed by atoms with Crippen LogP contribution in [0.5, 0.6) is 0 Å². The standard InChI is InChI=1S/C24H33FN2O3S/c1-3-26(15-22-29-16(2)30-22)12-10-18-14-27(13-11-21(18)31)23(24(28)17-8-9-17)19-6-4-5-7-20(19)25/h4-7,10,16-17,21-23,31H,3,8-9,11-15H2,1-2H3/b18-10-. The predicted molar refractivity (Wildman–Crippen MR) is 121 cm³/mol. The summed E-state index contributed by atoms with van der Waals surface area (Å²) in [6.07, 6.45) is 4.63. The van der Waals surface area contributed by atoms with E-state index >= 15 is 0 Å². The highest BCUT2D eigenvalue weighted by molar-refractivity contribution is 7.81. The van der Waals surface area contributed by atoms with Crippen LogP contribution >= 0.6 is 12.6 Å². The molecular formula is C24H33FN2O3S. The van der Waals surface area contributed by atoms with Gasteiger partial charge in [0.1, 0.15) is 5.82 Å². The molecule has 4 rings (SSSR count). The lowest BCUT2D eigenvalue weighted by Gasteiger charge is -2.38. The van der Waals surface area contributed by atoms with Crippen LogP contribution in [0.25, 0.3) is 0 Å². The maximum absolute atomic E-state index is 14.7. The van der Waals surface area contributed by atoms with Gasteiger partial charge in [-0.1, -0.05) is 31.2 Å². The molecule has 2 atom stereocenters. The minimum atomic E-state index is -0.515. The minimum Gasteiger partial charge on any atom is -0.323 e. The lowest BCUT2D eigenvalue weighted by molar-refractivity contribution is -0.377. The predicted octanol–water partition coefficient (Wildman–Crippen LogP) is 3.82. The first-order valence-corrected chi connectivity index (χ1v) is 11.9. The van der Waals surface area contributed by atoms with Crippen LogP contribution in [0.3, 0.4) is 0 Å². The Kier molecular flexibility index (Phi) is 7.49. The Hall–Kier alpha value is -1.25. The number of halogens is 1. The summed E-state index contributed by atoms with van der Waals surface area (Å²) >= 11 is 4.80. The van der Waals surface area contributed by atoms with E-state index in [4.69, 9.17) is 22.1 Å². The fourth-order valence-electron chi connectivity index (χ4n) is 4.44. The van der Waals surface area contributed by atoms with Gasteiger partial charge >= 0.3 is 0 Å². The minimum absolute atomic E-state index is 0.0752. The Morgan fingerprint density at radius 2 is 2.06 bits per heavy atom. The van der Waals surface area contributed by atoms with Crippen LogP contribution < -0.4 is 0 Å². The number of ether oxygens (including phenoxy) is 2. The number of Topliss-reactive ketones (excluding diaryl/α,β-unsaturated/α-hetero) is 1. The first kappa shape index (κ1) is 22.9. The Morgan fingerprint density at radius 3 is 2.71 bits per heavy atom. The van der Waals surface area contributed by atoms with Crippen LogP contribution in [0.4, 0.5) is 4.39 Å². The fourth-order valence-corrected chi connectivity index (χ4v) is 4.75. The van der Waals surface area contributed by atoms with Crippen molar-refractivity contribution >= 4 is 18.4 Å². The zero-order chi connectivity index (χ0) is 22.0. The summed E-state index contributed by atoms with van der Waals surface area (Å²) < 4.78 is 25.8. The molecule has 0 amide bonds. The fraction of sp³-hybridized carbons (Fsp3) is 0.625. The third-order valence-electron chi connectivity index (χ3n) is 6.47. The molecule has 0 bridgehead atoms. The number of ketones is 1. The molecule has 1 aromatic rings. The van der Waals surface area contributed by atoms with Gasteiger partial charge in [-0.3, -0.25) is 14.6 Å². The molecule has 31 heavy (non-hydrogen) atoms. The van der Waals surface area contributed by atoms with Gasteiger partial charge in [0.2, 0.25) is 0 Å². The molecule has 3 aliphatic rings. The van der Waals surface area contributed by atoms with Gasteiger partial charge in [0, 0.05) is 36.4 Å². The summed E-state index contributed by atoms with van der Waals surface area (Å²) in [4.78, 5) is 17.6. The Bertz CT molecular complexity index is 810. The number of nitrogens with zero attached hydrogens (tertiary/aromatic N) is 2. The van der Waals surface area contributed by atoms with Gasteiger partial charge in [-0.25, -0.2) is 4.39 Å². The molecule has 2 aliphatic heterocycles. The van der Waals surface area contributed by atoms with Gasteiger partial charge in [-0.15, -0.1) is 0 Å². The molecule has 7 heteroatoms. The first-order valence-electron chi connectivity index (χ1n) is 11.4. The van der Waals surface area contributed by atoms with E-state index in [0.717, 1.165) is 45.4 Å². The lowest BCUT2D eigenvalue weighted by Crippen LogP contribution is -2.47. The molecule has 5 nitrogen and oxygen atoms in total. The van der Waals surface area contributed by atoms with Crippen molar-refractivity contribution in [2.45, 2.75) is 57.0 Å². The number of likely N-dealkylation sites (tertiary alicyclic amines) is 1. The van der Waals surface area contributed by atoms with Crippen molar-refractivity contribution < 1.29 is 18.7 Å². The van der Waals surface area contributed by atoms with Crippen LogP contribution in [-0.4, -0.2) is 66.1 Å². The molecule has 3 fully saturated rings. The Balaban J connectivity index is 1.47. The van der Waals surface area contributed by atoms with E-state index in [1.807, 2.05) is 13.0 Å². The molecule has 0 N–H and O–H groups in total. The normalized spacial score (nSPS) is 29.2. The van der Waals surface area contributed by atoms with Crippen LogP contribution in [0, 0.1) is 11.7 Å². The third-order valence-corrected chi connectivity index (χ3v) is 7.06. The van der Waals surface area contributed by atoms with Crippen molar-refractivity contribution in [3.8, 4) is 0 Å². The average molecular weight is 449 g/mol. The topological polar surface area (TPSA) is 42.0 Å². The summed E-state index contributed by atoms with van der Waals surface area (Å²) in [5.74, 6) is -0.0660. The lowest BCUT2D eigenvalue weighted by atomic mass is 9.93. The highest BCUT2D eigenvalue weighted by Gasteiger charge is 2.40. The van der Waals surface area contributed by atoms with Gasteiger partial charge in [0.15, 0.2) is 18.4 Å². The number of piperidine rings is 1. The summed E-state index contributed by atoms with van der Waals surface area (Å²) in [5.41, 5.74) is 1.70. The van der Waals surface area contributed by atoms with Gasteiger partial charge in [0.25, 0.3) is 0 Å². The second-order valence-electron chi connectivity index (χ2n) is 8.78. The average Bonchev–Trinajstić information content (AvgIpc) is 3.58. The summed E-state index contributed by atoms with van der Waals surface area (Å²) in [5, 5.41) is 0.156. The van der Waals surface area contributed by atoms with Crippen molar-refractivity contribution in [1.82, 2.24) is 9.80 Å². The molecule has 0 aromatic heterocycles. The number of rotatable bonds is 9. The monoisotopic (exact) mass is 448 g/mol. The smallest absolute Gasteiger partial charge is 0.176 e. The number of carbonyl (C=O) groups excluding carboxylic acids is 1. The number of carbonyl (C=O) groups is 1. The van der Waals surface area contributed by atoms with Gasteiger partial charge in [-0.05, 0) is 44.4 Å². The maximum atomic E-state index is 14.7. The molecule has 1 aliphatic carbocycles. The van der Waals surface area contributed by atoms with Crippen LogP contribution in [-0.2, 0) is 14.3 Å². The maximum Gasteiger partial charge on any atom is 0.176 e. The van der Waals surface area contributed by atoms with Gasteiger partial charge in [-0.2, -0.15) is 12.6 Å². The zero-order valence-corrected chi connectivity index (χ0v) is 19.3. The summed E-state index contributed by atoms with van der Waals surface area (Å²) in [6, 6.07) is 6.19. The van der Waals surface area contributed by atoms with Gasteiger partial charge in [0.05, 0.1) is 12.6 Å². The second kappa shape index (κ2) is 10.1. The van der Waals surface area contributed by atoms with Crippen molar-refractivity contribution in [3.05, 3.63) is 47.3 Å². The van der Waals surface area contributed by atoms with E-state index in [1.165, 1.54) is 11.6 Å². The third kappa shape index (κ3) is 5.57. The molecule has 2 heterocycles. The van der Waals surface area contributed by atoms with Crippen molar-refractivity contribution in [2.75, 3.05) is 32.7 Å². The quantitative estimate of drug-likeness (QED) is 0.460. The van der Waals surface area contributed by atoms with Crippen molar-refractivity contribution in [1.29, 1.82) is 0 Å². The van der Waals surface area contributed by atoms with Crippen LogP contribution in [0.1, 0.15) is 44.7 Å². The largest absolute Gasteiger partial charge is 0.323 e. The van der Waals surface area contributed by atoms with E-state index < -0.39 is 6.04 Å². The first-order chi connectivity index (χ1) is 15.0. The molecule has 170 valence electrons. The molecule has 1 saturated carbocycles. The second-order valence-corrected chi connectivity index (χ2v) is 9.40. The van der Waals surface area contributed by atoms with E-state index in [1.54, 1.807) is 12.1 Å².